The standard InChI is InChI=1S/C17H24FN3O3S/c18-15-3-1-2-14(12-15)13-19-17(22)21-8-6-20(7-9-21)16-4-10-25(23,24)11-5-16/h1-3,12,16H,4-11,13H2,(H,19,22). The van der Waals surface area contributed by atoms with Gasteiger partial charge in [0, 0.05) is 38.8 Å². The highest BCUT2D eigenvalue weighted by atomic mass is 32.2. The molecular weight excluding hydrogens is 345 g/mol. The summed E-state index contributed by atoms with van der Waals surface area (Å²) < 4.78 is 36.2. The smallest absolute Gasteiger partial charge is 0.317 e. The quantitative estimate of drug-likeness (QED) is 0.870. The fraction of sp³-hybridized carbons (Fsp3) is 0.588. The number of halogens is 1. The third-order valence-corrected chi connectivity index (χ3v) is 6.69. The molecule has 1 N–H and O–H groups in total. The molecule has 6 nitrogen and oxygen atoms in total. The Kier molecular flexibility index (Phi) is 5.58. The van der Waals surface area contributed by atoms with E-state index in [9.17, 15) is 17.6 Å². The maximum Gasteiger partial charge on any atom is 0.317 e. The largest absolute Gasteiger partial charge is 0.334 e. The number of hydrogen-bond donors (Lipinski definition) is 1. The summed E-state index contributed by atoms with van der Waals surface area (Å²) in [6, 6.07) is 6.35. The number of hydrogen-bond acceptors (Lipinski definition) is 4. The van der Waals surface area contributed by atoms with Gasteiger partial charge in [-0.05, 0) is 30.5 Å². The number of carbonyl (C=O) groups is 1. The van der Waals surface area contributed by atoms with Gasteiger partial charge in [0.15, 0.2) is 0 Å². The lowest BCUT2D eigenvalue weighted by molar-refractivity contribution is 0.103. The van der Waals surface area contributed by atoms with E-state index >= 15 is 0 Å². The molecule has 0 spiro atoms. The van der Waals surface area contributed by atoms with Crippen molar-refractivity contribution >= 4 is 15.9 Å². The highest BCUT2D eigenvalue weighted by molar-refractivity contribution is 7.91. The van der Waals surface area contributed by atoms with Crippen LogP contribution in [0.25, 0.3) is 0 Å². The Morgan fingerprint density at radius 3 is 2.48 bits per heavy atom. The van der Waals surface area contributed by atoms with E-state index in [0.29, 0.717) is 38.5 Å². The van der Waals surface area contributed by atoms with Gasteiger partial charge >= 0.3 is 6.03 Å². The minimum atomic E-state index is -2.84. The van der Waals surface area contributed by atoms with E-state index in [0.717, 1.165) is 18.7 Å². The Bertz CT molecular complexity index is 704. The van der Waals surface area contributed by atoms with Gasteiger partial charge < -0.3 is 10.2 Å². The third kappa shape index (κ3) is 4.92. The van der Waals surface area contributed by atoms with E-state index in [1.54, 1.807) is 17.0 Å². The van der Waals surface area contributed by atoms with Gasteiger partial charge in [0.05, 0.1) is 11.5 Å². The molecule has 0 atom stereocenters. The molecule has 2 saturated heterocycles. The number of nitrogens with zero attached hydrogens (tertiary/aromatic N) is 2. The Morgan fingerprint density at radius 1 is 1.16 bits per heavy atom. The van der Waals surface area contributed by atoms with Crippen LogP contribution in [-0.2, 0) is 16.4 Å². The fourth-order valence-corrected chi connectivity index (χ4v) is 4.94. The number of benzene rings is 1. The molecule has 2 aliphatic rings. The SMILES string of the molecule is O=C(NCc1cccc(F)c1)N1CCN(C2CCS(=O)(=O)CC2)CC1. The molecule has 0 unspecified atom stereocenters. The highest BCUT2D eigenvalue weighted by Crippen LogP contribution is 2.19. The van der Waals surface area contributed by atoms with Crippen molar-refractivity contribution in [2.75, 3.05) is 37.7 Å². The first kappa shape index (κ1) is 18.1. The van der Waals surface area contributed by atoms with E-state index in [-0.39, 0.29) is 23.4 Å². The second kappa shape index (κ2) is 7.70. The molecule has 2 aliphatic heterocycles. The third-order valence-electron chi connectivity index (χ3n) is 4.97. The van der Waals surface area contributed by atoms with E-state index in [1.165, 1.54) is 12.1 Å². The van der Waals surface area contributed by atoms with Crippen LogP contribution in [-0.4, -0.2) is 68.0 Å². The van der Waals surface area contributed by atoms with Crippen LogP contribution in [0.15, 0.2) is 24.3 Å². The molecule has 0 radical (unpaired) electrons. The minimum Gasteiger partial charge on any atom is -0.334 e. The molecule has 0 aliphatic carbocycles. The molecule has 1 aromatic carbocycles. The fourth-order valence-electron chi connectivity index (χ4n) is 3.47. The van der Waals surface area contributed by atoms with Crippen LogP contribution >= 0.6 is 0 Å². The first-order valence-corrected chi connectivity index (χ1v) is 10.5. The number of rotatable bonds is 3. The predicted octanol–water partition coefficient (Wildman–Crippen LogP) is 1.23. The van der Waals surface area contributed by atoms with Gasteiger partial charge in [0.1, 0.15) is 15.7 Å². The monoisotopic (exact) mass is 369 g/mol. The van der Waals surface area contributed by atoms with Gasteiger partial charge in [-0.3, -0.25) is 4.90 Å². The lowest BCUT2D eigenvalue weighted by Gasteiger charge is -2.40. The van der Waals surface area contributed by atoms with Gasteiger partial charge in [-0.1, -0.05) is 12.1 Å². The van der Waals surface area contributed by atoms with Crippen molar-refractivity contribution < 1.29 is 17.6 Å². The molecular formula is C17H24FN3O3S. The molecule has 1 aromatic rings. The second-order valence-electron chi connectivity index (χ2n) is 6.69. The lowest BCUT2D eigenvalue weighted by atomic mass is 10.1. The topological polar surface area (TPSA) is 69.7 Å². The van der Waals surface area contributed by atoms with Crippen LogP contribution in [0.3, 0.4) is 0 Å². The van der Waals surface area contributed by atoms with E-state index in [4.69, 9.17) is 0 Å². The Hall–Kier alpha value is -1.67. The Balaban J connectivity index is 1.43. The van der Waals surface area contributed by atoms with Gasteiger partial charge in [-0.25, -0.2) is 17.6 Å². The summed E-state index contributed by atoms with van der Waals surface area (Å²) in [6.07, 6.45) is 1.38. The summed E-state index contributed by atoms with van der Waals surface area (Å²) in [4.78, 5) is 16.3. The summed E-state index contributed by atoms with van der Waals surface area (Å²) in [5.74, 6) is 0.229. The maximum atomic E-state index is 13.1. The van der Waals surface area contributed by atoms with Crippen molar-refractivity contribution in [3.05, 3.63) is 35.6 Å². The van der Waals surface area contributed by atoms with E-state index in [2.05, 4.69) is 10.2 Å². The zero-order valence-electron chi connectivity index (χ0n) is 14.2. The number of piperazine rings is 1. The Labute approximate surface area is 147 Å². The van der Waals surface area contributed by atoms with Crippen molar-refractivity contribution in [2.45, 2.75) is 25.4 Å². The number of carbonyl (C=O) groups excluding carboxylic acids is 1. The number of nitrogens with one attached hydrogen (secondary N) is 1. The van der Waals surface area contributed by atoms with Crippen molar-refractivity contribution in [3.8, 4) is 0 Å². The van der Waals surface area contributed by atoms with Gasteiger partial charge in [-0.2, -0.15) is 0 Å². The van der Waals surface area contributed by atoms with E-state index in [1.807, 2.05) is 0 Å². The average Bonchev–Trinajstić information content (AvgIpc) is 2.60. The van der Waals surface area contributed by atoms with Crippen LogP contribution in [0, 0.1) is 5.82 Å². The van der Waals surface area contributed by atoms with Crippen molar-refractivity contribution in [1.29, 1.82) is 0 Å². The molecule has 2 amide bonds. The molecule has 2 heterocycles. The molecule has 25 heavy (non-hydrogen) atoms. The number of sulfone groups is 1. The molecule has 0 saturated carbocycles. The number of amides is 2. The molecule has 0 aromatic heterocycles. The molecule has 138 valence electrons. The summed E-state index contributed by atoms with van der Waals surface area (Å²) in [6.45, 7) is 3.07. The zero-order chi connectivity index (χ0) is 17.9. The Morgan fingerprint density at radius 2 is 1.84 bits per heavy atom. The van der Waals surface area contributed by atoms with Crippen LogP contribution < -0.4 is 5.32 Å². The zero-order valence-corrected chi connectivity index (χ0v) is 15.0. The normalized spacial score (nSPS) is 21.9. The first-order chi connectivity index (χ1) is 11.9. The van der Waals surface area contributed by atoms with Crippen LogP contribution in [0.1, 0.15) is 18.4 Å². The molecule has 8 heteroatoms. The van der Waals surface area contributed by atoms with Crippen LogP contribution in [0.2, 0.25) is 0 Å². The first-order valence-electron chi connectivity index (χ1n) is 8.65. The van der Waals surface area contributed by atoms with Gasteiger partial charge in [0.2, 0.25) is 0 Å². The van der Waals surface area contributed by atoms with Crippen molar-refractivity contribution in [2.24, 2.45) is 0 Å². The lowest BCUT2D eigenvalue weighted by Crippen LogP contribution is -2.55. The second-order valence-corrected chi connectivity index (χ2v) is 9.00. The van der Waals surface area contributed by atoms with Crippen LogP contribution in [0.4, 0.5) is 9.18 Å². The number of urea groups is 1. The maximum absolute atomic E-state index is 13.1. The summed E-state index contributed by atoms with van der Waals surface area (Å²) in [5, 5.41) is 2.82. The van der Waals surface area contributed by atoms with E-state index < -0.39 is 9.84 Å². The van der Waals surface area contributed by atoms with Crippen LogP contribution in [0.5, 0.6) is 0 Å². The van der Waals surface area contributed by atoms with Gasteiger partial charge in [-0.15, -0.1) is 0 Å². The molecule has 0 bridgehead atoms. The predicted molar refractivity (Wildman–Crippen MR) is 93.5 cm³/mol. The highest BCUT2D eigenvalue weighted by Gasteiger charge is 2.30. The van der Waals surface area contributed by atoms with Gasteiger partial charge in [0.25, 0.3) is 0 Å². The van der Waals surface area contributed by atoms with Crippen molar-refractivity contribution in [3.63, 3.8) is 0 Å². The molecule has 2 fully saturated rings. The average molecular weight is 369 g/mol. The summed E-state index contributed by atoms with van der Waals surface area (Å²) in [7, 11) is -2.84. The minimum absolute atomic E-state index is 0.143. The summed E-state index contributed by atoms with van der Waals surface area (Å²) in [5.41, 5.74) is 0.732. The summed E-state index contributed by atoms with van der Waals surface area (Å²) >= 11 is 0. The van der Waals surface area contributed by atoms with Crippen molar-refractivity contribution in [1.82, 2.24) is 15.1 Å². The molecule has 3 rings (SSSR count).